The Kier molecular flexibility index (Phi) is 1.61. The summed E-state index contributed by atoms with van der Waals surface area (Å²) in [5.41, 5.74) is 6.63. The fraction of sp³-hybridized carbons (Fsp3) is 0.222. The van der Waals surface area contributed by atoms with Crippen molar-refractivity contribution in [2.45, 2.75) is 6.04 Å². The topological polar surface area (TPSA) is 79.3 Å². The van der Waals surface area contributed by atoms with Gasteiger partial charge < -0.3 is 15.6 Å². The second kappa shape index (κ2) is 2.64. The monoisotopic (exact) mass is 176 g/mol. The highest BCUT2D eigenvalue weighted by molar-refractivity contribution is 5.57. The third-order valence-electron chi connectivity index (χ3n) is 2.07. The molecule has 0 saturated heterocycles. The van der Waals surface area contributed by atoms with E-state index >= 15 is 0 Å². The second-order valence-corrected chi connectivity index (χ2v) is 2.90. The molecule has 0 amide bonds. The number of hydrogen-bond acceptors (Lipinski definition) is 4. The van der Waals surface area contributed by atoms with Gasteiger partial charge >= 0.3 is 0 Å². The van der Waals surface area contributed by atoms with Crippen LogP contribution in [0.15, 0.2) is 12.1 Å². The van der Waals surface area contributed by atoms with Crippen LogP contribution in [0, 0.1) is 11.3 Å². The molecule has 1 aliphatic heterocycles. The maximum absolute atomic E-state index is 9.45. The molecule has 1 aliphatic rings. The molecule has 1 unspecified atom stereocenters. The van der Waals surface area contributed by atoms with Crippen LogP contribution < -0.4 is 10.5 Å². The summed E-state index contributed by atoms with van der Waals surface area (Å²) >= 11 is 0. The highest BCUT2D eigenvalue weighted by atomic mass is 16.5. The highest BCUT2D eigenvalue weighted by Gasteiger charge is 2.26. The number of nitrogens with two attached hydrogens (primary N) is 1. The van der Waals surface area contributed by atoms with Crippen molar-refractivity contribution in [3.05, 3.63) is 23.3 Å². The number of hydrogen-bond donors (Lipinski definition) is 2. The van der Waals surface area contributed by atoms with Gasteiger partial charge in [0.2, 0.25) is 0 Å². The third-order valence-corrected chi connectivity index (χ3v) is 2.07. The van der Waals surface area contributed by atoms with E-state index in [1.54, 1.807) is 0 Å². The van der Waals surface area contributed by atoms with Crippen LogP contribution in [-0.4, -0.2) is 11.7 Å². The molecule has 1 heterocycles. The van der Waals surface area contributed by atoms with Crippen molar-refractivity contribution in [1.29, 1.82) is 5.26 Å². The van der Waals surface area contributed by atoms with E-state index in [-0.39, 0.29) is 11.8 Å². The van der Waals surface area contributed by atoms with Crippen LogP contribution in [-0.2, 0) is 0 Å². The van der Waals surface area contributed by atoms with Crippen molar-refractivity contribution in [1.82, 2.24) is 0 Å². The first-order chi connectivity index (χ1) is 6.24. The van der Waals surface area contributed by atoms with Crippen molar-refractivity contribution in [2.75, 3.05) is 6.61 Å². The van der Waals surface area contributed by atoms with Gasteiger partial charge in [-0.15, -0.1) is 0 Å². The van der Waals surface area contributed by atoms with E-state index in [4.69, 9.17) is 15.7 Å². The Morgan fingerprint density at radius 2 is 2.38 bits per heavy atom. The molecule has 0 aliphatic carbocycles. The summed E-state index contributed by atoms with van der Waals surface area (Å²) in [4.78, 5) is 0. The lowest BCUT2D eigenvalue weighted by atomic mass is 10.0. The van der Waals surface area contributed by atoms with Gasteiger partial charge in [-0.05, 0) is 12.1 Å². The van der Waals surface area contributed by atoms with E-state index in [1.807, 2.05) is 6.07 Å². The number of ether oxygens (including phenoxy) is 1. The minimum atomic E-state index is -0.330. The van der Waals surface area contributed by atoms with Crippen LogP contribution in [0.5, 0.6) is 11.5 Å². The SMILES string of the molecule is N#Cc1ccc(O)c2c1OCC2N. The molecular weight excluding hydrogens is 168 g/mol. The third kappa shape index (κ3) is 1.02. The van der Waals surface area contributed by atoms with Crippen LogP contribution in [0.4, 0.5) is 0 Å². The van der Waals surface area contributed by atoms with Gasteiger partial charge in [0.15, 0.2) is 0 Å². The Bertz CT molecular complexity index is 395. The molecule has 0 aromatic heterocycles. The molecule has 0 fully saturated rings. The number of phenols is 1. The molecule has 0 spiro atoms. The van der Waals surface area contributed by atoms with E-state index < -0.39 is 0 Å². The summed E-state index contributed by atoms with van der Waals surface area (Å²) in [5.74, 6) is 0.522. The summed E-state index contributed by atoms with van der Waals surface area (Å²) in [6.45, 7) is 0.321. The standard InChI is InChI=1S/C9H8N2O2/c10-3-5-1-2-7(12)8-6(11)4-13-9(5)8/h1-2,6,12H,4,11H2. The first-order valence-electron chi connectivity index (χ1n) is 3.88. The molecule has 2 rings (SSSR count). The second-order valence-electron chi connectivity index (χ2n) is 2.90. The number of phenolic OH excluding ortho intramolecular Hbond substituents is 1. The molecule has 0 saturated carbocycles. The minimum Gasteiger partial charge on any atom is -0.507 e. The molecule has 0 bridgehead atoms. The van der Waals surface area contributed by atoms with Crippen molar-refractivity contribution < 1.29 is 9.84 Å². The zero-order valence-corrected chi connectivity index (χ0v) is 6.82. The van der Waals surface area contributed by atoms with Gasteiger partial charge in [0.1, 0.15) is 24.2 Å². The largest absolute Gasteiger partial charge is 0.507 e. The van der Waals surface area contributed by atoms with Gasteiger partial charge in [-0.25, -0.2) is 0 Å². The molecule has 1 aromatic rings. The Morgan fingerprint density at radius 1 is 1.62 bits per heavy atom. The van der Waals surface area contributed by atoms with Crippen molar-refractivity contribution in [3.63, 3.8) is 0 Å². The molecule has 4 heteroatoms. The fourth-order valence-electron chi connectivity index (χ4n) is 1.45. The lowest BCUT2D eigenvalue weighted by Gasteiger charge is -2.04. The van der Waals surface area contributed by atoms with Gasteiger partial charge in [-0.3, -0.25) is 0 Å². The summed E-state index contributed by atoms with van der Waals surface area (Å²) < 4.78 is 5.21. The quantitative estimate of drug-likeness (QED) is 0.608. The van der Waals surface area contributed by atoms with Crippen LogP contribution in [0.25, 0.3) is 0 Å². The number of rotatable bonds is 0. The number of nitriles is 1. The van der Waals surface area contributed by atoms with Crippen LogP contribution in [0.1, 0.15) is 17.2 Å². The summed E-state index contributed by atoms with van der Waals surface area (Å²) in [7, 11) is 0. The molecular formula is C9H8N2O2. The average molecular weight is 176 g/mol. The molecule has 0 radical (unpaired) electrons. The van der Waals surface area contributed by atoms with Crippen molar-refractivity contribution in [3.8, 4) is 17.6 Å². The lowest BCUT2D eigenvalue weighted by molar-refractivity contribution is 0.332. The van der Waals surface area contributed by atoms with E-state index in [0.717, 1.165) is 0 Å². The number of benzene rings is 1. The van der Waals surface area contributed by atoms with E-state index in [2.05, 4.69) is 0 Å². The molecule has 3 N–H and O–H groups in total. The maximum atomic E-state index is 9.45. The average Bonchev–Trinajstić information content (AvgIpc) is 2.50. The molecule has 1 atom stereocenters. The molecule has 66 valence electrons. The van der Waals surface area contributed by atoms with Crippen LogP contribution in [0.2, 0.25) is 0 Å². The summed E-state index contributed by atoms with van der Waals surface area (Å²) in [5, 5.41) is 18.2. The molecule has 13 heavy (non-hydrogen) atoms. The predicted octanol–water partition coefficient (Wildman–Crippen LogP) is 0.656. The van der Waals surface area contributed by atoms with E-state index in [1.165, 1.54) is 12.1 Å². The van der Waals surface area contributed by atoms with Crippen molar-refractivity contribution >= 4 is 0 Å². The first-order valence-corrected chi connectivity index (χ1v) is 3.88. The minimum absolute atomic E-state index is 0.0963. The van der Waals surface area contributed by atoms with E-state index in [0.29, 0.717) is 23.5 Å². The van der Waals surface area contributed by atoms with Gasteiger partial charge in [0, 0.05) is 0 Å². The van der Waals surface area contributed by atoms with Gasteiger partial charge in [0.05, 0.1) is 17.2 Å². The Labute approximate surface area is 75.2 Å². The van der Waals surface area contributed by atoms with Crippen molar-refractivity contribution in [2.24, 2.45) is 5.73 Å². The Balaban J connectivity index is 2.67. The van der Waals surface area contributed by atoms with Gasteiger partial charge in [-0.1, -0.05) is 0 Å². The smallest absolute Gasteiger partial charge is 0.145 e. The molecule has 1 aromatic carbocycles. The zero-order chi connectivity index (χ0) is 9.42. The number of fused-ring (bicyclic) bond motifs is 1. The summed E-state index contributed by atoms with van der Waals surface area (Å²) in [6, 6.07) is 4.64. The Hall–Kier alpha value is -1.73. The fourth-order valence-corrected chi connectivity index (χ4v) is 1.45. The predicted molar refractivity (Wildman–Crippen MR) is 45.2 cm³/mol. The Morgan fingerprint density at radius 3 is 3.08 bits per heavy atom. The highest BCUT2D eigenvalue weighted by Crippen LogP contribution is 2.39. The van der Waals surface area contributed by atoms with Crippen LogP contribution in [0.3, 0.4) is 0 Å². The molecule has 4 nitrogen and oxygen atoms in total. The number of nitrogens with zero attached hydrogens (tertiary/aromatic N) is 1. The zero-order valence-electron chi connectivity index (χ0n) is 6.82. The lowest BCUT2D eigenvalue weighted by Crippen LogP contribution is -2.10. The van der Waals surface area contributed by atoms with Crippen LogP contribution >= 0.6 is 0 Å². The normalized spacial score (nSPS) is 18.9. The first kappa shape index (κ1) is 7.90. The summed E-state index contributed by atoms with van der Waals surface area (Å²) in [6.07, 6.45) is 0. The van der Waals surface area contributed by atoms with Gasteiger partial charge in [-0.2, -0.15) is 5.26 Å². The number of aromatic hydroxyl groups is 1. The van der Waals surface area contributed by atoms with E-state index in [9.17, 15) is 5.11 Å². The maximum Gasteiger partial charge on any atom is 0.145 e. The van der Waals surface area contributed by atoms with Gasteiger partial charge in [0.25, 0.3) is 0 Å².